The van der Waals surface area contributed by atoms with E-state index in [1.807, 2.05) is 6.92 Å². The molecule has 4 heteroatoms. The molecule has 1 saturated heterocycles. The van der Waals surface area contributed by atoms with Crippen LogP contribution < -0.4 is 5.73 Å². The van der Waals surface area contributed by atoms with Gasteiger partial charge >= 0.3 is 0 Å². The van der Waals surface area contributed by atoms with Gasteiger partial charge in [-0.3, -0.25) is 4.79 Å². The smallest absolute Gasteiger partial charge is 0.239 e. The average molecular weight is 186 g/mol. The lowest BCUT2D eigenvalue weighted by atomic mass is 9.97. The molecule has 4 nitrogen and oxygen atoms in total. The first-order valence-electron chi connectivity index (χ1n) is 4.73. The van der Waals surface area contributed by atoms with E-state index in [1.54, 1.807) is 11.8 Å². The molecule has 0 aliphatic carbocycles. The van der Waals surface area contributed by atoms with Gasteiger partial charge in [0, 0.05) is 13.1 Å². The van der Waals surface area contributed by atoms with Gasteiger partial charge in [-0.15, -0.1) is 0 Å². The van der Waals surface area contributed by atoms with E-state index < -0.39 is 6.04 Å². The summed E-state index contributed by atoms with van der Waals surface area (Å²) >= 11 is 0. The van der Waals surface area contributed by atoms with Crippen molar-refractivity contribution in [1.29, 1.82) is 0 Å². The predicted octanol–water partition coefficient (Wildman–Crippen LogP) is -0.437. The maximum absolute atomic E-state index is 11.5. The van der Waals surface area contributed by atoms with Crippen molar-refractivity contribution in [3.05, 3.63) is 0 Å². The number of aliphatic hydroxyl groups excluding tert-OH is 1. The summed E-state index contributed by atoms with van der Waals surface area (Å²) in [5.74, 6) is 0.303. The molecule has 0 saturated carbocycles. The second kappa shape index (κ2) is 4.07. The minimum absolute atomic E-state index is 0.0643. The van der Waals surface area contributed by atoms with Crippen LogP contribution in [0, 0.1) is 5.92 Å². The van der Waals surface area contributed by atoms with Gasteiger partial charge in [0.25, 0.3) is 0 Å². The van der Waals surface area contributed by atoms with Gasteiger partial charge in [-0.1, -0.05) is 6.92 Å². The van der Waals surface area contributed by atoms with Crippen LogP contribution >= 0.6 is 0 Å². The van der Waals surface area contributed by atoms with Crippen LogP contribution in [0.2, 0.25) is 0 Å². The molecule has 13 heavy (non-hydrogen) atoms. The lowest BCUT2D eigenvalue weighted by Gasteiger charge is -2.35. The van der Waals surface area contributed by atoms with Crippen LogP contribution in [-0.2, 0) is 4.79 Å². The van der Waals surface area contributed by atoms with Gasteiger partial charge in [0.1, 0.15) is 0 Å². The van der Waals surface area contributed by atoms with Crippen molar-refractivity contribution in [2.24, 2.45) is 11.7 Å². The van der Waals surface area contributed by atoms with Crippen LogP contribution in [0.25, 0.3) is 0 Å². The number of rotatable bonds is 1. The number of nitrogens with two attached hydrogens (primary N) is 1. The fourth-order valence-corrected chi connectivity index (χ4v) is 1.79. The fraction of sp³-hybridized carbons (Fsp3) is 0.889. The standard InChI is InChI=1S/C9H18N2O2/c1-6-3-8(12)5-11(4-6)9(13)7(2)10/h6-8,12H,3-5,10H2,1-2H3/t6-,7+,8+/m0/s1. The molecule has 1 rings (SSSR count). The van der Waals surface area contributed by atoms with Crippen LogP contribution in [0.1, 0.15) is 20.3 Å². The summed E-state index contributed by atoms with van der Waals surface area (Å²) in [5, 5.41) is 9.45. The first-order chi connectivity index (χ1) is 6.00. The maximum atomic E-state index is 11.5. The zero-order chi connectivity index (χ0) is 10.0. The number of hydrogen-bond donors (Lipinski definition) is 2. The van der Waals surface area contributed by atoms with E-state index in [0.29, 0.717) is 12.5 Å². The zero-order valence-corrected chi connectivity index (χ0v) is 8.23. The maximum Gasteiger partial charge on any atom is 0.239 e. The van der Waals surface area contributed by atoms with E-state index in [4.69, 9.17) is 5.73 Å². The molecule has 1 amide bonds. The Morgan fingerprint density at radius 2 is 2.23 bits per heavy atom. The molecule has 0 aromatic carbocycles. The number of aliphatic hydroxyl groups is 1. The molecule has 0 aromatic rings. The van der Waals surface area contributed by atoms with Crippen molar-refractivity contribution in [3.8, 4) is 0 Å². The third-order valence-corrected chi connectivity index (χ3v) is 2.34. The number of amides is 1. The van der Waals surface area contributed by atoms with Gasteiger partial charge < -0.3 is 15.7 Å². The average Bonchev–Trinajstić information content (AvgIpc) is 2.01. The van der Waals surface area contributed by atoms with E-state index >= 15 is 0 Å². The van der Waals surface area contributed by atoms with Crippen LogP contribution in [0.15, 0.2) is 0 Å². The van der Waals surface area contributed by atoms with E-state index in [2.05, 4.69) is 0 Å². The minimum Gasteiger partial charge on any atom is -0.391 e. The Hall–Kier alpha value is -0.610. The Balaban J connectivity index is 2.55. The Morgan fingerprint density at radius 1 is 1.62 bits per heavy atom. The number of piperidine rings is 1. The van der Waals surface area contributed by atoms with Crippen molar-refractivity contribution in [2.45, 2.75) is 32.4 Å². The van der Waals surface area contributed by atoms with Crippen LogP contribution in [0.5, 0.6) is 0 Å². The van der Waals surface area contributed by atoms with Crippen LogP contribution in [-0.4, -0.2) is 41.1 Å². The van der Waals surface area contributed by atoms with E-state index in [9.17, 15) is 9.90 Å². The van der Waals surface area contributed by atoms with Gasteiger partial charge in [0.2, 0.25) is 5.91 Å². The van der Waals surface area contributed by atoms with Gasteiger partial charge in [-0.05, 0) is 19.3 Å². The van der Waals surface area contributed by atoms with Crippen molar-refractivity contribution < 1.29 is 9.90 Å². The molecule has 1 aliphatic heterocycles. The van der Waals surface area contributed by atoms with Crippen molar-refractivity contribution in [2.75, 3.05) is 13.1 Å². The first kappa shape index (κ1) is 10.5. The lowest BCUT2D eigenvalue weighted by Crippen LogP contribution is -2.50. The number of β-amino-alcohol motifs (C(OH)–C–C–N with tert-alkyl or cyclic N) is 1. The van der Waals surface area contributed by atoms with Gasteiger partial charge in [0.05, 0.1) is 12.1 Å². The second-order valence-corrected chi connectivity index (χ2v) is 4.03. The van der Waals surface area contributed by atoms with Crippen LogP contribution in [0.4, 0.5) is 0 Å². The van der Waals surface area contributed by atoms with E-state index in [0.717, 1.165) is 13.0 Å². The third kappa shape index (κ3) is 2.67. The fourth-order valence-electron chi connectivity index (χ4n) is 1.79. The van der Waals surface area contributed by atoms with Gasteiger partial charge in [-0.2, -0.15) is 0 Å². The summed E-state index contributed by atoms with van der Waals surface area (Å²) in [6.45, 7) is 4.86. The van der Waals surface area contributed by atoms with Crippen molar-refractivity contribution >= 4 is 5.91 Å². The highest BCUT2D eigenvalue weighted by atomic mass is 16.3. The Kier molecular flexibility index (Phi) is 3.27. The molecule has 0 aromatic heterocycles. The number of nitrogens with zero attached hydrogens (tertiary/aromatic N) is 1. The molecule has 0 unspecified atom stereocenters. The summed E-state index contributed by atoms with van der Waals surface area (Å²) in [6, 6.07) is -0.461. The highest BCUT2D eigenvalue weighted by Gasteiger charge is 2.27. The number of hydrogen-bond acceptors (Lipinski definition) is 3. The molecule has 1 aliphatic rings. The molecular weight excluding hydrogens is 168 g/mol. The minimum atomic E-state index is -0.461. The molecule has 3 atom stereocenters. The molecule has 1 fully saturated rings. The Morgan fingerprint density at radius 3 is 2.69 bits per heavy atom. The third-order valence-electron chi connectivity index (χ3n) is 2.34. The largest absolute Gasteiger partial charge is 0.391 e. The number of carbonyl (C=O) groups excluding carboxylic acids is 1. The monoisotopic (exact) mass is 186 g/mol. The molecule has 76 valence electrons. The van der Waals surface area contributed by atoms with E-state index in [-0.39, 0.29) is 12.0 Å². The molecule has 3 N–H and O–H groups in total. The highest BCUT2D eigenvalue weighted by Crippen LogP contribution is 2.16. The predicted molar refractivity (Wildman–Crippen MR) is 50.0 cm³/mol. The molecule has 0 spiro atoms. The summed E-state index contributed by atoms with van der Waals surface area (Å²) in [4.78, 5) is 13.1. The number of likely N-dealkylation sites (tertiary alicyclic amines) is 1. The SMILES string of the molecule is C[C@H]1C[C@@H](O)CN(C(=O)[C@@H](C)N)C1. The topological polar surface area (TPSA) is 66.6 Å². The molecule has 1 heterocycles. The van der Waals surface area contributed by atoms with Crippen molar-refractivity contribution in [3.63, 3.8) is 0 Å². The van der Waals surface area contributed by atoms with Gasteiger partial charge in [-0.25, -0.2) is 0 Å². The number of carbonyl (C=O) groups is 1. The van der Waals surface area contributed by atoms with E-state index in [1.165, 1.54) is 0 Å². The molecule has 0 bridgehead atoms. The first-order valence-corrected chi connectivity index (χ1v) is 4.73. The summed E-state index contributed by atoms with van der Waals surface area (Å²) in [7, 11) is 0. The summed E-state index contributed by atoms with van der Waals surface area (Å²) in [6.07, 6.45) is 0.398. The zero-order valence-electron chi connectivity index (χ0n) is 8.23. The highest BCUT2D eigenvalue weighted by molar-refractivity contribution is 5.81. The molecular formula is C9H18N2O2. The Labute approximate surface area is 78.7 Å². The van der Waals surface area contributed by atoms with Crippen LogP contribution in [0.3, 0.4) is 0 Å². The summed E-state index contributed by atoms with van der Waals surface area (Å²) < 4.78 is 0. The lowest BCUT2D eigenvalue weighted by molar-refractivity contribution is -0.136. The van der Waals surface area contributed by atoms with Crippen molar-refractivity contribution in [1.82, 2.24) is 4.90 Å². The summed E-state index contributed by atoms with van der Waals surface area (Å²) in [5.41, 5.74) is 5.48. The molecule has 0 radical (unpaired) electrons. The normalized spacial score (nSPS) is 31.5. The quantitative estimate of drug-likeness (QED) is 0.583. The second-order valence-electron chi connectivity index (χ2n) is 4.03. The Bertz CT molecular complexity index is 184. The van der Waals surface area contributed by atoms with Gasteiger partial charge in [0.15, 0.2) is 0 Å².